The lowest BCUT2D eigenvalue weighted by Gasteiger charge is -2.29. The molecule has 5 nitrogen and oxygen atoms in total. The van der Waals surface area contributed by atoms with E-state index < -0.39 is 6.04 Å². The normalized spacial score (nSPS) is 15.7. The fourth-order valence-corrected chi connectivity index (χ4v) is 2.74. The monoisotopic (exact) mass is 336 g/mol. The van der Waals surface area contributed by atoms with Crippen LogP contribution in [0, 0.1) is 5.82 Å². The highest BCUT2D eigenvalue weighted by Gasteiger charge is 2.23. The Hall–Kier alpha value is -2.11. The second-order valence-corrected chi connectivity index (χ2v) is 6.08. The Kier molecular flexibility index (Phi) is 7.03. The number of carbonyl (C=O) groups excluding carboxylic acids is 2. The fraction of sp³-hybridized carbons (Fsp3) is 0.556. The minimum atomic E-state index is -0.500. The number of halogens is 1. The average Bonchev–Trinajstić information content (AvgIpc) is 2.59. The van der Waals surface area contributed by atoms with Gasteiger partial charge in [-0.3, -0.25) is 9.59 Å². The van der Waals surface area contributed by atoms with Gasteiger partial charge >= 0.3 is 0 Å². The van der Waals surface area contributed by atoms with E-state index in [1.54, 1.807) is 19.1 Å². The largest absolute Gasteiger partial charge is 0.493 e. The third-order valence-electron chi connectivity index (χ3n) is 4.03. The molecule has 24 heavy (non-hydrogen) atoms. The van der Waals surface area contributed by atoms with Crippen LogP contribution in [0.3, 0.4) is 0 Å². The van der Waals surface area contributed by atoms with Crippen LogP contribution >= 0.6 is 0 Å². The summed E-state index contributed by atoms with van der Waals surface area (Å²) in [5.41, 5.74) is 0. The van der Waals surface area contributed by atoms with Crippen molar-refractivity contribution in [3.8, 4) is 5.75 Å². The van der Waals surface area contributed by atoms with Crippen molar-refractivity contribution >= 4 is 11.8 Å². The van der Waals surface area contributed by atoms with Gasteiger partial charge in [0, 0.05) is 25.6 Å². The maximum absolute atomic E-state index is 13.0. The lowest BCUT2D eigenvalue weighted by atomic mass is 10.1. The molecule has 0 aliphatic carbocycles. The van der Waals surface area contributed by atoms with Crippen molar-refractivity contribution in [2.45, 2.75) is 45.1 Å². The van der Waals surface area contributed by atoms with Gasteiger partial charge in [-0.25, -0.2) is 4.39 Å². The summed E-state index contributed by atoms with van der Waals surface area (Å²) in [6, 6.07) is 5.40. The summed E-state index contributed by atoms with van der Waals surface area (Å²) in [4.78, 5) is 26.0. The van der Waals surface area contributed by atoms with Crippen LogP contribution in [-0.4, -0.2) is 42.5 Å². The van der Waals surface area contributed by atoms with Crippen molar-refractivity contribution in [1.29, 1.82) is 0 Å². The molecular formula is C18H25FN2O3. The molecule has 2 rings (SSSR count). The third-order valence-corrected chi connectivity index (χ3v) is 4.03. The van der Waals surface area contributed by atoms with Gasteiger partial charge in [-0.05, 0) is 44.7 Å². The molecule has 1 aliphatic heterocycles. The number of rotatable bonds is 7. The van der Waals surface area contributed by atoms with E-state index in [2.05, 4.69) is 5.32 Å². The topological polar surface area (TPSA) is 58.6 Å². The van der Waals surface area contributed by atoms with Crippen LogP contribution in [0.5, 0.6) is 5.75 Å². The zero-order valence-electron chi connectivity index (χ0n) is 14.1. The van der Waals surface area contributed by atoms with Crippen molar-refractivity contribution in [2.24, 2.45) is 0 Å². The summed E-state index contributed by atoms with van der Waals surface area (Å²) >= 11 is 0. The molecule has 2 amide bonds. The molecule has 1 aromatic rings. The Labute approximate surface area is 142 Å². The van der Waals surface area contributed by atoms with E-state index in [-0.39, 0.29) is 24.1 Å². The number of amides is 2. The second-order valence-electron chi connectivity index (χ2n) is 6.08. The number of nitrogens with zero attached hydrogens (tertiary/aromatic N) is 1. The summed E-state index contributed by atoms with van der Waals surface area (Å²) in [7, 11) is 0. The van der Waals surface area contributed by atoms with Crippen LogP contribution in [-0.2, 0) is 9.59 Å². The summed E-state index contributed by atoms with van der Waals surface area (Å²) in [6.07, 6.45) is 4.00. The first-order valence-corrected chi connectivity index (χ1v) is 8.53. The molecule has 1 aliphatic rings. The van der Waals surface area contributed by atoms with Crippen molar-refractivity contribution in [3.63, 3.8) is 0 Å². The Morgan fingerprint density at radius 3 is 2.75 bits per heavy atom. The summed E-state index contributed by atoms with van der Waals surface area (Å²) in [6.45, 7) is 3.60. The minimum absolute atomic E-state index is 0.0148. The molecule has 0 spiro atoms. The standard InChI is InChI=1S/C18H25FN2O3/c1-14(18(23)21-10-3-2-4-11-21)20-17(22)9-6-12-24-16-8-5-7-15(19)13-16/h5,7-8,13-14H,2-4,6,9-12H2,1H3,(H,20,22). The predicted octanol–water partition coefficient (Wildman–Crippen LogP) is 2.50. The van der Waals surface area contributed by atoms with Gasteiger partial charge in [-0.2, -0.15) is 0 Å². The van der Waals surface area contributed by atoms with Gasteiger partial charge in [0.1, 0.15) is 17.6 Å². The zero-order chi connectivity index (χ0) is 17.4. The molecule has 0 aromatic heterocycles. The first-order valence-electron chi connectivity index (χ1n) is 8.53. The molecule has 1 atom stereocenters. The molecule has 1 aromatic carbocycles. The molecule has 132 valence electrons. The molecule has 0 radical (unpaired) electrons. The smallest absolute Gasteiger partial charge is 0.244 e. The Bertz CT molecular complexity index is 559. The fourth-order valence-electron chi connectivity index (χ4n) is 2.74. The number of hydrogen-bond donors (Lipinski definition) is 1. The highest BCUT2D eigenvalue weighted by atomic mass is 19.1. The molecule has 1 fully saturated rings. The molecular weight excluding hydrogens is 311 g/mol. The Morgan fingerprint density at radius 2 is 2.04 bits per heavy atom. The van der Waals surface area contributed by atoms with Gasteiger partial charge in [0.15, 0.2) is 0 Å². The molecule has 1 N–H and O–H groups in total. The molecule has 1 saturated heterocycles. The number of benzene rings is 1. The molecule has 1 unspecified atom stereocenters. The Balaban J connectivity index is 1.64. The summed E-state index contributed by atoms with van der Waals surface area (Å²) < 4.78 is 18.4. The van der Waals surface area contributed by atoms with Crippen molar-refractivity contribution < 1.29 is 18.7 Å². The average molecular weight is 336 g/mol. The predicted molar refractivity (Wildman–Crippen MR) is 89.2 cm³/mol. The van der Waals surface area contributed by atoms with Gasteiger partial charge in [0.05, 0.1) is 6.61 Å². The van der Waals surface area contributed by atoms with E-state index in [1.807, 2.05) is 4.90 Å². The summed E-state index contributed by atoms with van der Waals surface area (Å²) in [5, 5.41) is 2.74. The van der Waals surface area contributed by atoms with Crippen LogP contribution < -0.4 is 10.1 Å². The van der Waals surface area contributed by atoms with Gasteiger partial charge in [0.25, 0.3) is 0 Å². The van der Waals surface area contributed by atoms with Gasteiger partial charge in [-0.15, -0.1) is 0 Å². The number of likely N-dealkylation sites (tertiary alicyclic amines) is 1. The van der Waals surface area contributed by atoms with Gasteiger partial charge in [-0.1, -0.05) is 6.07 Å². The SMILES string of the molecule is CC(NC(=O)CCCOc1cccc(F)c1)C(=O)N1CCCCC1. The maximum atomic E-state index is 13.0. The second kappa shape index (κ2) is 9.25. The lowest BCUT2D eigenvalue weighted by molar-refractivity contribution is -0.136. The van der Waals surface area contributed by atoms with E-state index in [9.17, 15) is 14.0 Å². The highest BCUT2D eigenvalue weighted by Crippen LogP contribution is 2.12. The first-order chi connectivity index (χ1) is 11.6. The quantitative estimate of drug-likeness (QED) is 0.778. The van der Waals surface area contributed by atoms with Crippen molar-refractivity contribution in [3.05, 3.63) is 30.1 Å². The molecule has 0 bridgehead atoms. The lowest BCUT2D eigenvalue weighted by Crippen LogP contribution is -2.48. The molecule has 1 heterocycles. The van der Waals surface area contributed by atoms with Crippen molar-refractivity contribution in [2.75, 3.05) is 19.7 Å². The minimum Gasteiger partial charge on any atom is -0.493 e. The van der Waals surface area contributed by atoms with Gasteiger partial charge < -0.3 is 15.0 Å². The number of ether oxygens (including phenoxy) is 1. The third kappa shape index (κ3) is 5.83. The van der Waals surface area contributed by atoms with Crippen LogP contribution in [0.15, 0.2) is 24.3 Å². The van der Waals surface area contributed by atoms with Crippen LogP contribution in [0.4, 0.5) is 4.39 Å². The number of carbonyl (C=O) groups is 2. The number of nitrogens with one attached hydrogen (secondary N) is 1. The van der Waals surface area contributed by atoms with Crippen LogP contribution in [0.25, 0.3) is 0 Å². The van der Waals surface area contributed by atoms with Crippen molar-refractivity contribution in [1.82, 2.24) is 10.2 Å². The van der Waals surface area contributed by atoms with Crippen LogP contribution in [0.1, 0.15) is 39.0 Å². The zero-order valence-corrected chi connectivity index (χ0v) is 14.1. The number of piperidine rings is 1. The van der Waals surface area contributed by atoms with E-state index in [1.165, 1.54) is 12.1 Å². The number of hydrogen-bond acceptors (Lipinski definition) is 3. The van der Waals surface area contributed by atoms with E-state index >= 15 is 0 Å². The van der Waals surface area contributed by atoms with Crippen LogP contribution in [0.2, 0.25) is 0 Å². The summed E-state index contributed by atoms with van der Waals surface area (Å²) in [5.74, 6) is -0.0888. The first kappa shape index (κ1) is 18.2. The molecule has 0 saturated carbocycles. The van der Waals surface area contributed by atoms with E-state index in [4.69, 9.17) is 4.74 Å². The Morgan fingerprint density at radius 1 is 1.29 bits per heavy atom. The van der Waals surface area contributed by atoms with E-state index in [0.29, 0.717) is 18.8 Å². The van der Waals surface area contributed by atoms with Gasteiger partial charge in [0.2, 0.25) is 11.8 Å². The maximum Gasteiger partial charge on any atom is 0.244 e. The molecule has 6 heteroatoms. The van der Waals surface area contributed by atoms with E-state index in [0.717, 1.165) is 32.4 Å². The highest BCUT2D eigenvalue weighted by molar-refractivity contribution is 5.87.